The summed E-state index contributed by atoms with van der Waals surface area (Å²) in [6.07, 6.45) is 2.69. The Labute approximate surface area is 85.1 Å². The molecule has 1 aliphatic rings. The van der Waals surface area contributed by atoms with Gasteiger partial charge in [-0.05, 0) is 23.8 Å². The molecule has 1 aliphatic carbocycles. The lowest BCUT2D eigenvalue weighted by molar-refractivity contribution is -0.121. The molecule has 1 nitrogen and oxygen atoms in total. The van der Waals surface area contributed by atoms with Crippen molar-refractivity contribution in [2.75, 3.05) is 0 Å². The first-order chi connectivity index (χ1) is 6.75. The Hall–Kier alpha value is -1.11. The summed E-state index contributed by atoms with van der Waals surface area (Å²) in [5, 5.41) is 0. The van der Waals surface area contributed by atoms with Crippen LogP contribution in [-0.4, -0.2) is 5.78 Å². The number of benzene rings is 1. The van der Waals surface area contributed by atoms with Gasteiger partial charge in [0.05, 0.1) is 0 Å². The van der Waals surface area contributed by atoms with Crippen LogP contribution < -0.4 is 0 Å². The standard InChI is InChI=1S/C13H16O/c1-10-7-12(9-13(14)8-10)11-5-3-2-4-6-11/h2-6,10,12H,7-9H2,1H3/t10-,12+/m1/s1. The minimum atomic E-state index is 0.428. The smallest absolute Gasteiger partial charge is 0.133 e. The molecule has 0 amide bonds. The zero-order valence-corrected chi connectivity index (χ0v) is 8.57. The van der Waals surface area contributed by atoms with Crippen molar-refractivity contribution in [3.05, 3.63) is 35.9 Å². The first-order valence-corrected chi connectivity index (χ1v) is 5.32. The Kier molecular flexibility index (Phi) is 2.67. The molecule has 1 fully saturated rings. The van der Waals surface area contributed by atoms with Crippen LogP contribution >= 0.6 is 0 Å². The molecule has 0 unspecified atom stereocenters. The molecule has 2 rings (SSSR count). The van der Waals surface area contributed by atoms with Gasteiger partial charge in [0.25, 0.3) is 0 Å². The van der Waals surface area contributed by atoms with Crippen molar-refractivity contribution in [2.45, 2.75) is 32.1 Å². The highest BCUT2D eigenvalue weighted by atomic mass is 16.1. The van der Waals surface area contributed by atoms with Crippen molar-refractivity contribution >= 4 is 5.78 Å². The van der Waals surface area contributed by atoms with Crippen LogP contribution in [0, 0.1) is 5.92 Å². The van der Waals surface area contributed by atoms with E-state index in [4.69, 9.17) is 0 Å². The molecule has 1 aromatic carbocycles. The van der Waals surface area contributed by atoms with Gasteiger partial charge < -0.3 is 0 Å². The predicted octanol–water partition coefficient (Wildman–Crippen LogP) is 3.16. The molecular formula is C13H16O. The zero-order chi connectivity index (χ0) is 9.97. The van der Waals surface area contributed by atoms with Crippen LogP contribution in [0.2, 0.25) is 0 Å². The molecule has 1 aromatic rings. The molecular weight excluding hydrogens is 172 g/mol. The Balaban J connectivity index is 2.15. The molecule has 0 radical (unpaired) electrons. The van der Waals surface area contributed by atoms with Crippen LogP contribution in [0.1, 0.15) is 37.7 Å². The predicted molar refractivity (Wildman–Crippen MR) is 57.2 cm³/mol. The van der Waals surface area contributed by atoms with Gasteiger partial charge in [0.15, 0.2) is 0 Å². The van der Waals surface area contributed by atoms with Gasteiger partial charge in [0.1, 0.15) is 5.78 Å². The van der Waals surface area contributed by atoms with Crippen LogP contribution in [0.15, 0.2) is 30.3 Å². The van der Waals surface area contributed by atoms with Crippen molar-refractivity contribution in [1.82, 2.24) is 0 Å². The second-order valence-electron chi connectivity index (χ2n) is 4.40. The molecule has 1 saturated carbocycles. The second kappa shape index (κ2) is 3.95. The molecule has 0 heterocycles. The molecule has 74 valence electrons. The van der Waals surface area contributed by atoms with E-state index in [0.717, 1.165) is 19.3 Å². The summed E-state index contributed by atoms with van der Waals surface area (Å²) >= 11 is 0. The maximum Gasteiger partial charge on any atom is 0.133 e. The summed E-state index contributed by atoms with van der Waals surface area (Å²) in [7, 11) is 0. The van der Waals surface area contributed by atoms with E-state index in [2.05, 4.69) is 31.2 Å². The summed E-state index contributed by atoms with van der Waals surface area (Å²) in [6.45, 7) is 2.17. The Morgan fingerprint density at radius 3 is 2.50 bits per heavy atom. The fourth-order valence-corrected chi connectivity index (χ4v) is 2.38. The lowest BCUT2D eigenvalue weighted by atomic mass is 9.78. The Bertz CT molecular complexity index is 315. The summed E-state index contributed by atoms with van der Waals surface area (Å²) < 4.78 is 0. The third-order valence-electron chi connectivity index (χ3n) is 3.01. The number of hydrogen-bond acceptors (Lipinski definition) is 1. The number of carbonyl (C=O) groups excluding carboxylic acids is 1. The summed E-state index contributed by atoms with van der Waals surface area (Å²) in [5.74, 6) is 1.45. The lowest BCUT2D eigenvalue weighted by Crippen LogP contribution is -2.19. The van der Waals surface area contributed by atoms with Crippen molar-refractivity contribution in [3.8, 4) is 0 Å². The normalized spacial score (nSPS) is 27.6. The minimum absolute atomic E-state index is 0.428. The monoisotopic (exact) mass is 188 g/mol. The first kappa shape index (κ1) is 9.45. The maximum atomic E-state index is 11.5. The van der Waals surface area contributed by atoms with Gasteiger partial charge in [0.2, 0.25) is 0 Å². The Morgan fingerprint density at radius 1 is 1.14 bits per heavy atom. The summed E-state index contributed by atoms with van der Waals surface area (Å²) in [5.41, 5.74) is 1.33. The van der Waals surface area contributed by atoms with Crippen molar-refractivity contribution in [1.29, 1.82) is 0 Å². The fraction of sp³-hybridized carbons (Fsp3) is 0.462. The molecule has 0 aromatic heterocycles. The molecule has 14 heavy (non-hydrogen) atoms. The fourth-order valence-electron chi connectivity index (χ4n) is 2.38. The van der Waals surface area contributed by atoms with E-state index < -0.39 is 0 Å². The van der Waals surface area contributed by atoms with Crippen LogP contribution in [0.25, 0.3) is 0 Å². The topological polar surface area (TPSA) is 17.1 Å². The van der Waals surface area contributed by atoms with E-state index in [9.17, 15) is 4.79 Å². The lowest BCUT2D eigenvalue weighted by Gasteiger charge is -2.25. The van der Waals surface area contributed by atoms with Crippen molar-refractivity contribution in [2.24, 2.45) is 5.92 Å². The van der Waals surface area contributed by atoms with Crippen LogP contribution in [0.4, 0.5) is 0 Å². The van der Waals surface area contributed by atoms with Crippen LogP contribution in [0.5, 0.6) is 0 Å². The van der Waals surface area contributed by atoms with Gasteiger partial charge in [-0.15, -0.1) is 0 Å². The highest BCUT2D eigenvalue weighted by molar-refractivity contribution is 5.80. The second-order valence-corrected chi connectivity index (χ2v) is 4.40. The van der Waals surface area contributed by atoms with E-state index >= 15 is 0 Å². The van der Waals surface area contributed by atoms with Crippen molar-refractivity contribution < 1.29 is 4.79 Å². The molecule has 2 atom stereocenters. The van der Waals surface area contributed by atoms with E-state index in [0.29, 0.717) is 17.6 Å². The van der Waals surface area contributed by atoms with Gasteiger partial charge in [-0.25, -0.2) is 0 Å². The van der Waals surface area contributed by atoms with E-state index in [1.54, 1.807) is 0 Å². The number of ketones is 1. The van der Waals surface area contributed by atoms with Gasteiger partial charge in [0, 0.05) is 12.8 Å². The van der Waals surface area contributed by atoms with E-state index in [1.165, 1.54) is 5.56 Å². The van der Waals surface area contributed by atoms with E-state index in [1.807, 2.05) is 6.07 Å². The van der Waals surface area contributed by atoms with Gasteiger partial charge in [-0.3, -0.25) is 4.79 Å². The number of rotatable bonds is 1. The molecule has 0 bridgehead atoms. The average molecular weight is 188 g/mol. The largest absolute Gasteiger partial charge is 0.300 e. The third-order valence-corrected chi connectivity index (χ3v) is 3.01. The molecule has 1 heteroatoms. The van der Waals surface area contributed by atoms with Gasteiger partial charge in [-0.1, -0.05) is 37.3 Å². The van der Waals surface area contributed by atoms with Crippen LogP contribution in [-0.2, 0) is 4.79 Å². The highest BCUT2D eigenvalue weighted by Gasteiger charge is 2.25. The average Bonchev–Trinajstić information content (AvgIpc) is 2.18. The number of Topliss-reactive ketones (excluding diaryl/α,β-unsaturated/α-hetero) is 1. The number of carbonyl (C=O) groups is 1. The number of hydrogen-bond donors (Lipinski definition) is 0. The Morgan fingerprint density at radius 2 is 1.86 bits per heavy atom. The molecule has 0 saturated heterocycles. The third kappa shape index (κ3) is 2.03. The quantitative estimate of drug-likeness (QED) is 0.661. The minimum Gasteiger partial charge on any atom is -0.300 e. The van der Waals surface area contributed by atoms with Gasteiger partial charge >= 0.3 is 0 Å². The highest BCUT2D eigenvalue weighted by Crippen LogP contribution is 2.33. The van der Waals surface area contributed by atoms with Crippen LogP contribution in [0.3, 0.4) is 0 Å². The first-order valence-electron chi connectivity index (χ1n) is 5.32. The molecule has 0 spiro atoms. The maximum absolute atomic E-state index is 11.5. The summed E-state index contributed by atoms with van der Waals surface area (Å²) in [6, 6.07) is 10.4. The SMILES string of the molecule is C[C@H]1CC(=O)C[C@@H](c2ccccc2)C1. The summed E-state index contributed by atoms with van der Waals surface area (Å²) in [4.78, 5) is 11.5. The van der Waals surface area contributed by atoms with E-state index in [-0.39, 0.29) is 0 Å². The molecule has 0 N–H and O–H groups in total. The molecule has 0 aliphatic heterocycles. The van der Waals surface area contributed by atoms with Gasteiger partial charge in [-0.2, -0.15) is 0 Å². The zero-order valence-electron chi connectivity index (χ0n) is 8.57. The van der Waals surface area contributed by atoms with Crippen molar-refractivity contribution in [3.63, 3.8) is 0 Å².